The predicted octanol–water partition coefficient (Wildman–Crippen LogP) is 10.0. The second kappa shape index (κ2) is 17.1. The number of aromatic amines is 1. The van der Waals surface area contributed by atoms with E-state index >= 15 is 0 Å². The van der Waals surface area contributed by atoms with E-state index in [1.807, 2.05) is 19.1 Å². The molecule has 1 aliphatic heterocycles. The quantitative estimate of drug-likeness (QED) is 0.0657. The summed E-state index contributed by atoms with van der Waals surface area (Å²) in [6.07, 6.45) is 15.6. The first-order chi connectivity index (χ1) is 29.8. The van der Waals surface area contributed by atoms with E-state index in [2.05, 4.69) is 43.1 Å². The Balaban J connectivity index is 0.944. The number of aromatic nitrogens is 2. The van der Waals surface area contributed by atoms with Gasteiger partial charge in [-0.25, -0.2) is 18.1 Å². The topological polar surface area (TPSA) is 180 Å². The summed E-state index contributed by atoms with van der Waals surface area (Å²) in [5.74, 6) is 0.306. The van der Waals surface area contributed by atoms with Crippen molar-refractivity contribution in [2.45, 2.75) is 106 Å². The number of hydrogen-bond acceptors (Lipinski definition) is 10. The number of likely N-dealkylation sites (tertiary alicyclic amines) is 1. The van der Waals surface area contributed by atoms with Crippen LogP contribution in [0.15, 0.2) is 90.1 Å². The van der Waals surface area contributed by atoms with Crippen molar-refractivity contribution in [3.63, 3.8) is 0 Å². The molecule has 0 radical (unpaired) electrons. The van der Waals surface area contributed by atoms with Crippen molar-refractivity contribution in [2.75, 3.05) is 18.4 Å². The van der Waals surface area contributed by atoms with Crippen molar-refractivity contribution in [3.05, 3.63) is 123 Å². The van der Waals surface area contributed by atoms with Crippen molar-refractivity contribution in [1.82, 2.24) is 19.6 Å². The normalized spacial score (nSPS) is 23.2. The van der Waals surface area contributed by atoms with Gasteiger partial charge in [0.15, 0.2) is 0 Å². The summed E-state index contributed by atoms with van der Waals surface area (Å²) in [6.45, 7) is 3.29. The molecule has 9 rings (SSSR count). The molecule has 62 heavy (non-hydrogen) atoms. The van der Waals surface area contributed by atoms with E-state index in [0.29, 0.717) is 48.8 Å². The molecule has 1 amide bonds. The third-order valence-electron chi connectivity index (χ3n) is 13.2. The average molecular weight is 879 g/mol. The third-order valence-corrected chi connectivity index (χ3v) is 14.9. The summed E-state index contributed by atoms with van der Waals surface area (Å²) in [6, 6.07) is 19.4. The maximum atomic E-state index is 14.0. The molecule has 2 unspecified atom stereocenters. The van der Waals surface area contributed by atoms with Gasteiger partial charge in [0.1, 0.15) is 22.8 Å². The van der Waals surface area contributed by atoms with Crippen molar-refractivity contribution in [1.29, 1.82) is 0 Å². The van der Waals surface area contributed by atoms with Crippen LogP contribution in [0.1, 0.15) is 117 Å². The van der Waals surface area contributed by atoms with Crippen molar-refractivity contribution in [2.24, 2.45) is 5.92 Å². The number of nitro benzene ring substituents is 1. The number of fused-ring (bicyclic) bond motifs is 1. The highest BCUT2D eigenvalue weighted by molar-refractivity contribution is 7.90. The van der Waals surface area contributed by atoms with Crippen LogP contribution in [-0.4, -0.2) is 64.0 Å². The first-order valence-electron chi connectivity index (χ1n) is 21.6. The van der Waals surface area contributed by atoms with Gasteiger partial charge in [0, 0.05) is 41.3 Å². The van der Waals surface area contributed by atoms with Crippen LogP contribution >= 0.6 is 11.6 Å². The van der Waals surface area contributed by atoms with Gasteiger partial charge < -0.3 is 20.1 Å². The lowest BCUT2D eigenvalue weighted by Crippen LogP contribution is -2.36. The molecule has 2 aromatic heterocycles. The number of benzene rings is 3. The minimum Gasteiger partial charge on any atom is -0.455 e. The molecule has 5 aromatic rings. The minimum atomic E-state index is -4.57. The van der Waals surface area contributed by atoms with Gasteiger partial charge in [0.2, 0.25) is 0 Å². The standard InChI is InChI=1S/C47H51ClN6O7S/c1-47(56)20-17-29(18-21-47)27-50-40-16-14-36(26-42(40)54(57)58)62(59,60)52-46(55)38-15-11-32(25-43(38)61-35-24-33-19-22-49-45(33)51-28-35)30-9-12-34(13-10-30)53-23-3-6-41(53)37-4-2-5-39(48)44(37)31-7-8-31/h2,4-5,9,11,14-16,19,22,24-26,28-29,31,34,41,50,56H,3,6-8,10,12-13,17-18,20-21,23,27H2,1H3,(H,49,51)(H,52,55)/t29-,34?,41?,47-. The monoisotopic (exact) mass is 878 g/mol. The Morgan fingerprint density at radius 1 is 1.06 bits per heavy atom. The van der Waals surface area contributed by atoms with Crippen LogP contribution in [0.2, 0.25) is 5.02 Å². The third kappa shape index (κ3) is 8.96. The molecule has 3 aromatic carbocycles. The number of nitrogens with zero attached hydrogens (tertiary/aromatic N) is 3. The number of amides is 1. The summed E-state index contributed by atoms with van der Waals surface area (Å²) >= 11 is 6.77. The number of halogens is 1. The highest BCUT2D eigenvalue weighted by Gasteiger charge is 2.37. The molecule has 324 valence electrons. The highest BCUT2D eigenvalue weighted by atomic mass is 35.5. The summed E-state index contributed by atoms with van der Waals surface area (Å²) < 4.78 is 35.9. The second-order valence-corrected chi connectivity index (χ2v) is 19.8. The Kier molecular flexibility index (Phi) is 11.6. The SMILES string of the molecule is C[C@]1(O)CC[C@H](CNc2ccc(S(=O)(=O)NC(=O)c3ccc(C4=CCC(N5CCCC5c5cccc(Cl)c5C5CC5)CC4)cc3Oc3cnc4[nH]ccc4c3)cc2[N+](=O)[O-])CC1. The lowest BCUT2D eigenvalue weighted by Gasteiger charge is -2.36. The number of carbonyl (C=O) groups is 1. The van der Waals surface area contributed by atoms with Crippen LogP contribution in [0.25, 0.3) is 16.6 Å². The van der Waals surface area contributed by atoms with E-state index in [9.17, 15) is 28.4 Å². The van der Waals surface area contributed by atoms with Gasteiger partial charge in [0.25, 0.3) is 21.6 Å². The lowest BCUT2D eigenvalue weighted by molar-refractivity contribution is -0.384. The number of pyridine rings is 1. The summed E-state index contributed by atoms with van der Waals surface area (Å²) in [4.78, 5) is 35.2. The molecule has 1 saturated heterocycles. The maximum Gasteiger partial charge on any atom is 0.293 e. The Labute approximate surface area is 366 Å². The molecule has 3 fully saturated rings. The number of aliphatic hydroxyl groups is 1. The molecule has 4 aliphatic rings. The molecule has 3 aliphatic carbocycles. The van der Waals surface area contributed by atoms with Gasteiger partial charge in [-0.15, -0.1) is 0 Å². The Morgan fingerprint density at radius 3 is 2.65 bits per heavy atom. The number of nitro groups is 1. The predicted molar refractivity (Wildman–Crippen MR) is 239 cm³/mol. The molecule has 15 heteroatoms. The molecule has 0 spiro atoms. The number of allylic oxidation sites excluding steroid dienone is 1. The fourth-order valence-electron chi connectivity index (χ4n) is 9.66. The van der Waals surface area contributed by atoms with Gasteiger partial charge in [-0.3, -0.25) is 19.8 Å². The number of ether oxygens (including phenoxy) is 1. The first kappa shape index (κ1) is 42.0. The average Bonchev–Trinajstić information content (AvgIpc) is 3.77. The van der Waals surface area contributed by atoms with E-state index in [-0.39, 0.29) is 22.9 Å². The first-order valence-corrected chi connectivity index (χ1v) is 23.5. The zero-order valence-electron chi connectivity index (χ0n) is 34.6. The number of carbonyl (C=O) groups excluding carboxylic acids is 1. The van der Waals surface area contributed by atoms with Crippen molar-refractivity contribution >= 4 is 55.5 Å². The van der Waals surface area contributed by atoms with Crippen LogP contribution in [0.4, 0.5) is 11.4 Å². The Hall–Kier alpha value is -5.28. The number of nitrogens with one attached hydrogen (secondary N) is 3. The molecule has 2 saturated carbocycles. The lowest BCUT2D eigenvalue weighted by atomic mass is 9.80. The van der Waals surface area contributed by atoms with Gasteiger partial charge >= 0.3 is 0 Å². The fourth-order valence-corrected chi connectivity index (χ4v) is 11.0. The molecule has 3 heterocycles. The van der Waals surface area contributed by atoms with E-state index in [1.165, 1.54) is 42.3 Å². The van der Waals surface area contributed by atoms with Crippen LogP contribution < -0.4 is 14.8 Å². The van der Waals surface area contributed by atoms with Gasteiger partial charge in [-0.2, -0.15) is 0 Å². The Bertz CT molecular complexity index is 2670. The number of sulfonamides is 1. The van der Waals surface area contributed by atoms with Crippen LogP contribution in [0.5, 0.6) is 11.5 Å². The summed E-state index contributed by atoms with van der Waals surface area (Å²) in [5.41, 5.74) is 4.34. The van der Waals surface area contributed by atoms with Crippen LogP contribution in [0, 0.1) is 16.0 Å². The molecule has 13 nitrogen and oxygen atoms in total. The number of H-pyrrole nitrogens is 1. The van der Waals surface area contributed by atoms with E-state index in [0.717, 1.165) is 79.1 Å². The van der Waals surface area contributed by atoms with Gasteiger partial charge in [-0.05, 0) is 161 Å². The second-order valence-electron chi connectivity index (χ2n) is 17.7. The minimum absolute atomic E-state index is 0.0343. The fraction of sp³-hybridized carbons (Fsp3) is 0.404. The molecular weight excluding hydrogens is 828 g/mol. The molecule has 2 atom stereocenters. The highest BCUT2D eigenvalue weighted by Crippen LogP contribution is 2.49. The van der Waals surface area contributed by atoms with Gasteiger partial charge in [0.05, 0.1) is 27.2 Å². The smallest absolute Gasteiger partial charge is 0.293 e. The van der Waals surface area contributed by atoms with Gasteiger partial charge in [-0.1, -0.05) is 35.9 Å². The van der Waals surface area contributed by atoms with E-state index < -0.39 is 37.0 Å². The number of rotatable bonds is 13. The zero-order chi connectivity index (χ0) is 43.2. The van der Waals surface area contributed by atoms with E-state index in [4.69, 9.17) is 16.3 Å². The number of hydrogen-bond donors (Lipinski definition) is 4. The van der Waals surface area contributed by atoms with Crippen LogP contribution in [0.3, 0.4) is 0 Å². The maximum absolute atomic E-state index is 14.0. The largest absolute Gasteiger partial charge is 0.455 e. The molecule has 4 N–H and O–H groups in total. The van der Waals surface area contributed by atoms with Crippen molar-refractivity contribution in [3.8, 4) is 11.5 Å². The summed E-state index contributed by atoms with van der Waals surface area (Å²) in [5, 5.41) is 27.2. The number of anilines is 1. The van der Waals surface area contributed by atoms with Crippen LogP contribution in [-0.2, 0) is 10.0 Å². The molecule has 0 bridgehead atoms. The van der Waals surface area contributed by atoms with Crippen molar-refractivity contribution < 1.29 is 28.0 Å². The summed E-state index contributed by atoms with van der Waals surface area (Å²) in [7, 11) is -4.57. The molecular formula is C47H51ClN6O7S. The Morgan fingerprint density at radius 2 is 1.89 bits per heavy atom. The zero-order valence-corrected chi connectivity index (χ0v) is 36.2. The van der Waals surface area contributed by atoms with E-state index in [1.54, 1.807) is 30.5 Å².